The molecule has 0 aliphatic heterocycles. The van der Waals surface area contributed by atoms with Gasteiger partial charge in [0.15, 0.2) is 0 Å². The van der Waals surface area contributed by atoms with E-state index in [-0.39, 0.29) is 17.9 Å². The van der Waals surface area contributed by atoms with Gasteiger partial charge in [-0.3, -0.25) is 4.79 Å². The first kappa shape index (κ1) is 13.3. The van der Waals surface area contributed by atoms with Crippen molar-refractivity contribution < 1.29 is 4.79 Å². The number of aromatic nitrogens is 1. The number of hydrogen-bond donors (Lipinski definition) is 2. The lowest BCUT2D eigenvalue weighted by Crippen LogP contribution is -2.38. The number of nitrogens with two attached hydrogens (primary N) is 1. The SMILES string of the molecule is Cc1csc(CNC2Cc3c[c]ccc3C2C(N)=O)n1. The molecule has 1 aromatic carbocycles. The molecule has 0 fully saturated rings. The minimum Gasteiger partial charge on any atom is -0.369 e. The Morgan fingerprint density at radius 1 is 1.65 bits per heavy atom. The molecule has 4 nitrogen and oxygen atoms in total. The van der Waals surface area contributed by atoms with Gasteiger partial charge in [-0.1, -0.05) is 18.2 Å². The zero-order chi connectivity index (χ0) is 14.1. The molecule has 2 unspecified atom stereocenters. The molecule has 1 amide bonds. The van der Waals surface area contributed by atoms with Crippen molar-refractivity contribution in [2.45, 2.75) is 31.8 Å². The van der Waals surface area contributed by atoms with E-state index in [1.807, 2.05) is 30.5 Å². The number of carbonyl (C=O) groups excluding carboxylic acids is 1. The van der Waals surface area contributed by atoms with Crippen LogP contribution in [0, 0.1) is 13.0 Å². The van der Waals surface area contributed by atoms with Crippen molar-refractivity contribution in [3.8, 4) is 0 Å². The third-order valence-electron chi connectivity index (χ3n) is 3.65. The van der Waals surface area contributed by atoms with Crippen molar-refractivity contribution >= 4 is 17.2 Å². The van der Waals surface area contributed by atoms with Crippen LogP contribution in [0.15, 0.2) is 23.6 Å². The van der Waals surface area contributed by atoms with E-state index >= 15 is 0 Å². The molecule has 3 rings (SSSR count). The smallest absolute Gasteiger partial charge is 0.226 e. The van der Waals surface area contributed by atoms with Crippen LogP contribution in [0.3, 0.4) is 0 Å². The highest BCUT2D eigenvalue weighted by molar-refractivity contribution is 7.09. The molecule has 103 valence electrons. The summed E-state index contributed by atoms with van der Waals surface area (Å²) in [5, 5.41) is 6.49. The van der Waals surface area contributed by atoms with Gasteiger partial charge < -0.3 is 11.1 Å². The fourth-order valence-corrected chi connectivity index (χ4v) is 3.50. The summed E-state index contributed by atoms with van der Waals surface area (Å²) in [6, 6.07) is 8.83. The molecule has 0 saturated heterocycles. The van der Waals surface area contributed by atoms with Crippen molar-refractivity contribution in [3.63, 3.8) is 0 Å². The summed E-state index contributed by atoms with van der Waals surface area (Å²) in [6.45, 7) is 2.65. The summed E-state index contributed by atoms with van der Waals surface area (Å²) in [6.07, 6.45) is 0.810. The predicted molar refractivity (Wildman–Crippen MR) is 78.4 cm³/mol. The molecular formula is C15H16N3OS. The summed E-state index contributed by atoms with van der Waals surface area (Å²) >= 11 is 1.63. The third kappa shape index (κ3) is 2.46. The Morgan fingerprint density at radius 3 is 3.20 bits per heavy atom. The second-order valence-corrected chi connectivity index (χ2v) is 6.02. The molecule has 1 aromatic heterocycles. The number of amides is 1. The zero-order valence-corrected chi connectivity index (χ0v) is 12.0. The van der Waals surface area contributed by atoms with Crippen molar-refractivity contribution in [1.82, 2.24) is 10.3 Å². The molecule has 2 atom stereocenters. The maximum Gasteiger partial charge on any atom is 0.226 e. The van der Waals surface area contributed by atoms with Gasteiger partial charge in [-0.2, -0.15) is 0 Å². The van der Waals surface area contributed by atoms with E-state index in [4.69, 9.17) is 5.73 Å². The second kappa shape index (κ2) is 5.34. The maximum absolute atomic E-state index is 11.7. The average Bonchev–Trinajstić information content (AvgIpc) is 2.99. The molecule has 3 N–H and O–H groups in total. The largest absolute Gasteiger partial charge is 0.369 e. The predicted octanol–water partition coefficient (Wildman–Crippen LogP) is 1.54. The molecule has 1 aliphatic rings. The van der Waals surface area contributed by atoms with E-state index < -0.39 is 0 Å². The Bertz CT molecular complexity index is 638. The molecule has 1 heterocycles. The Morgan fingerprint density at radius 2 is 2.50 bits per heavy atom. The first-order chi connectivity index (χ1) is 9.65. The lowest BCUT2D eigenvalue weighted by Gasteiger charge is -2.18. The first-order valence-electron chi connectivity index (χ1n) is 6.57. The quantitative estimate of drug-likeness (QED) is 0.895. The maximum atomic E-state index is 11.7. The first-order valence-corrected chi connectivity index (χ1v) is 7.45. The van der Waals surface area contributed by atoms with Crippen LogP contribution in [0.1, 0.15) is 27.7 Å². The number of rotatable bonds is 4. The average molecular weight is 286 g/mol. The lowest BCUT2D eigenvalue weighted by atomic mass is 9.98. The molecule has 1 radical (unpaired) electrons. The Kier molecular flexibility index (Phi) is 3.54. The second-order valence-electron chi connectivity index (χ2n) is 5.08. The summed E-state index contributed by atoms with van der Waals surface area (Å²) in [5.41, 5.74) is 8.79. The van der Waals surface area contributed by atoms with Gasteiger partial charge in [0.05, 0.1) is 5.92 Å². The van der Waals surface area contributed by atoms with Crippen molar-refractivity contribution in [2.24, 2.45) is 5.73 Å². The molecule has 0 spiro atoms. The number of nitrogens with zero attached hydrogens (tertiary/aromatic N) is 1. The van der Waals surface area contributed by atoms with Crippen LogP contribution in [0.5, 0.6) is 0 Å². The molecule has 0 bridgehead atoms. The minimum absolute atomic E-state index is 0.0440. The number of thiazole rings is 1. The van der Waals surface area contributed by atoms with E-state index in [1.165, 1.54) is 0 Å². The van der Waals surface area contributed by atoms with E-state index in [9.17, 15) is 4.79 Å². The lowest BCUT2D eigenvalue weighted by molar-refractivity contribution is -0.119. The van der Waals surface area contributed by atoms with Gasteiger partial charge in [0.2, 0.25) is 5.91 Å². The number of carbonyl (C=O) groups is 1. The number of primary amides is 1. The number of aryl methyl sites for hydroxylation is 1. The van der Waals surface area contributed by atoms with Gasteiger partial charge in [0.1, 0.15) is 5.01 Å². The van der Waals surface area contributed by atoms with Gasteiger partial charge in [-0.25, -0.2) is 4.98 Å². The normalized spacial score (nSPS) is 20.9. The highest BCUT2D eigenvalue weighted by Crippen LogP contribution is 2.33. The van der Waals surface area contributed by atoms with Crippen LogP contribution in [0.4, 0.5) is 0 Å². The summed E-state index contributed by atoms with van der Waals surface area (Å²) < 4.78 is 0. The summed E-state index contributed by atoms with van der Waals surface area (Å²) in [4.78, 5) is 16.2. The molecule has 0 saturated carbocycles. The van der Waals surface area contributed by atoms with Crippen LogP contribution >= 0.6 is 11.3 Å². The number of nitrogens with one attached hydrogen (secondary N) is 1. The van der Waals surface area contributed by atoms with E-state index in [1.54, 1.807) is 11.3 Å². The monoisotopic (exact) mass is 286 g/mol. The number of benzene rings is 1. The van der Waals surface area contributed by atoms with Crippen LogP contribution in [0.2, 0.25) is 0 Å². The minimum atomic E-state index is -0.275. The number of fused-ring (bicyclic) bond motifs is 1. The van der Waals surface area contributed by atoms with Gasteiger partial charge >= 0.3 is 0 Å². The van der Waals surface area contributed by atoms with Crippen LogP contribution in [0.25, 0.3) is 0 Å². The fraction of sp³-hybridized carbons (Fsp3) is 0.333. The van der Waals surface area contributed by atoms with Crippen LogP contribution in [-0.4, -0.2) is 16.9 Å². The topological polar surface area (TPSA) is 68.0 Å². The fourth-order valence-electron chi connectivity index (χ4n) is 2.77. The number of hydrogen-bond acceptors (Lipinski definition) is 4. The van der Waals surface area contributed by atoms with Gasteiger partial charge in [-0.05, 0) is 30.5 Å². The Labute approximate surface area is 122 Å². The Hall–Kier alpha value is -1.72. The molecule has 20 heavy (non-hydrogen) atoms. The van der Waals surface area contributed by atoms with Crippen molar-refractivity contribution in [2.75, 3.05) is 0 Å². The van der Waals surface area contributed by atoms with Crippen molar-refractivity contribution in [3.05, 3.63) is 51.5 Å². The Balaban J connectivity index is 1.75. The molecule has 2 aromatic rings. The van der Waals surface area contributed by atoms with Crippen molar-refractivity contribution in [1.29, 1.82) is 0 Å². The van der Waals surface area contributed by atoms with Gasteiger partial charge in [-0.15, -0.1) is 11.3 Å². The van der Waals surface area contributed by atoms with Crippen LogP contribution in [-0.2, 0) is 17.8 Å². The standard InChI is InChI=1S/C15H16N3OS/c1-9-8-20-13(18-9)7-17-12-6-10-4-2-3-5-11(10)14(12)15(16)19/h3-5,8,12,14,17H,6-7H2,1H3,(H2,16,19). The van der Waals surface area contributed by atoms with E-state index in [0.29, 0.717) is 6.54 Å². The third-order valence-corrected chi connectivity index (χ3v) is 4.62. The van der Waals surface area contributed by atoms with E-state index in [2.05, 4.69) is 16.4 Å². The highest BCUT2D eigenvalue weighted by atomic mass is 32.1. The molecule has 5 heteroatoms. The summed E-state index contributed by atoms with van der Waals surface area (Å²) in [5.74, 6) is -0.538. The highest BCUT2D eigenvalue weighted by Gasteiger charge is 2.35. The molecule has 1 aliphatic carbocycles. The zero-order valence-electron chi connectivity index (χ0n) is 11.2. The summed E-state index contributed by atoms with van der Waals surface area (Å²) in [7, 11) is 0. The molecular weight excluding hydrogens is 270 g/mol. The van der Waals surface area contributed by atoms with Gasteiger partial charge in [0.25, 0.3) is 0 Å². The van der Waals surface area contributed by atoms with E-state index in [0.717, 1.165) is 28.2 Å². The van der Waals surface area contributed by atoms with Crippen LogP contribution < -0.4 is 11.1 Å². The van der Waals surface area contributed by atoms with Gasteiger partial charge in [0, 0.05) is 23.7 Å².